The van der Waals surface area contributed by atoms with E-state index in [1.807, 2.05) is 47.8 Å². The van der Waals surface area contributed by atoms with Crippen LogP contribution in [-0.4, -0.2) is 29.2 Å². The fourth-order valence-electron chi connectivity index (χ4n) is 3.40. The van der Waals surface area contributed by atoms with Crippen molar-refractivity contribution in [2.24, 2.45) is 5.10 Å². The first-order valence-corrected chi connectivity index (χ1v) is 10.4. The lowest BCUT2D eigenvalue weighted by Crippen LogP contribution is -2.29. The first-order valence-electron chi connectivity index (χ1n) is 9.54. The molecule has 29 heavy (non-hydrogen) atoms. The van der Waals surface area contributed by atoms with Gasteiger partial charge in [-0.1, -0.05) is 36.4 Å². The molecule has 3 aromatic rings. The van der Waals surface area contributed by atoms with Crippen LogP contribution in [0.15, 0.2) is 59.0 Å². The maximum absolute atomic E-state index is 11.6. The topological polar surface area (TPSA) is 83.7 Å². The Morgan fingerprint density at radius 2 is 1.93 bits per heavy atom. The number of nitro groups is 1. The Morgan fingerprint density at radius 3 is 2.69 bits per heavy atom. The fraction of sp³-hybridized carbons (Fsp3) is 0.238. The highest BCUT2D eigenvalue weighted by Crippen LogP contribution is 2.31. The van der Waals surface area contributed by atoms with Crippen LogP contribution in [0.1, 0.15) is 24.8 Å². The molecule has 0 radical (unpaired) electrons. The third-order valence-electron chi connectivity index (χ3n) is 4.84. The van der Waals surface area contributed by atoms with E-state index in [1.54, 1.807) is 12.3 Å². The number of rotatable bonds is 6. The standard InChI is InChI=1S/C21H21N5O2S/c27-26(28)20-13-16(9-10-19(20)25-11-5-2-6-12-25)14-22-24-21-23-18(15-29-21)17-7-3-1-4-8-17/h1,3-4,7-10,13-15H,2,5-6,11-12H2,(H,23,24). The summed E-state index contributed by atoms with van der Waals surface area (Å²) in [6.45, 7) is 1.73. The lowest BCUT2D eigenvalue weighted by Gasteiger charge is -2.28. The van der Waals surface area contributed by atoms with Gasteiger partial charge < -0.3 is 4.90 Å². The van der Waals surface area contributed by atoms with Gasteiger partial charge in [-0.05, 0) is 25.3 Å². The molecule has 1 N–H and O–H groups in total. The van der Waals surface area contributed by atoms with Crippen LogP contribution < -0.4 is 10.3 Å². The Labute approximate surface area is 172 Å². The zero-order valence-corrected chi connectivity index (χ0v) is 16.6. The number of piperidine rings is 1. The Bertz CT molecular complexity index is 1010. The maximum Gasteiger partial charge on any atom is 0.293 e. The minimum Gasteiger partial charge on any atom is -0.366 e. The minimum atomic E-state index is -0.318. The average molecular weight is 407 g/mol. The highest BCUT2D eigenvalue weighted by molar-refractivity contribution is 7.14. The molecule has 0 saturated carbocycles. The highest BCUT2D eigenvalue weighted by atomic mass is 32.1. The number of hydrogen-bond acceptors (Lipinski definition) is 7. The quantitative estimate of drug-likeness (QED) is 0.347. The van der Waals surface area contributed by atoms with Gasteiger partial charge in [0.05, 0.1) is 16.8 Å². The van der Waals surface area contributed by atoms with Crippen molar-refractivity contribution in [1.82, 2.24) is 4.98 Å². The predicted molar refractivity (Wildman–Crippen MR) is 118 cm³/mol. The Balaban J connectivity index is 1.46. The molecular weight excluding hydrogens is 386 g/mol. The van der Waals surface area contributed by atoms with Crippen LogP contribution in [0, 0.1) is 10.1 Å². The Kier molecular flexibility index (Phi) is 5.81. The smallest absolute Gasteiger partial charge is 0.293 e. The maximum atomic E-state index is 11.6. The molecule has 148 valence electrons. The van der Waals surface area contributed by atoms with Gasteiger partial charge in [-0.25, -0.2) is 4.98 Å². The van der Waals surface area contributed by atoms with Crippen molar-refractivity contribution in [3.63, 3.8) is 0 Å². The van der Waals surface area contributed by atoms with Crippen molar-refractivity contribution in [2.45, 2.75) is 19.3 Å². The largest absolute Gasteiger partial charge is 0.366 e. The van der Waals surface area contributed by atoms with Crippen LogP contribution in [0.2, 0.25) is 0 Å². The first kappa shape index (κ1) is 19.1. The lowest BCUT2D eigenvalue weighted by atomic mass is 10.1. The minimum absolute atomic E-state index is 0.122. The zero-order chi connectivity index (χ0) is 20.1. The summed E-state index contributed by atoms with van der Waals surface area (Å²) in [4.78, 5) is 17.9. The molecule has 0 atom stereocenters. The van der Waals surface area contributed by atoms with Gasteiger partial charge in [-0.3, -0.25) is 15.5 Å². The summed E-state index contributed by atoms with van der Waals surface area (Å²) in [5, 5.41) is 18.4. The molecule has 2 heterocycles. The Hall–Kier alpha value is -3.26. The number of aromatic nitrogens is 1. The second-order valence-electron chi connectivity index (χ2n) is 6.83. The van der Waals surface area contributed by atoms with Gasteiger partial charge in [0.15, 0.2) is 0 Å². The average Bonchev–Trinajstić information content (AvgIpc) is 3.24. The summed E-state index contributed by atoms with van der Waals surface area (Å²) < 4.78 is 0. The molecule has 0 aliphatic carbocycles. The van der Waals surface area contributed by atoms with E-state index in [4.69, 9.17) is 0 Å². The van der Waals surface area contributed by atoms with Crippen LogP contribution in [0.5, 0.6) is 0 Å². The molecule has 1 aliphatic rings. The highest BCUT2D eigenvalue weighted by Gasteiger charge is 2.21. The molecule has 1 saturated heterocycles. The third kappa shape index (κ3) is 4.60. The summed E-state index contributed by atoms with van der Waals surface area (Å²) in [5.74, 6) is 0. The van der Waals surface area contributed by atoms with Gasteiger partial charge in [-0.15, -0.1) is 11.3 Å². The summed E-state index contributed by atoms with van der Waals surface area (Å²) in [5.41, 5.74) is 6.32. The van der Waals surface area contributed by atoms with E-state index in [2.05, 4.69) is 20.4 Å². The summed E-state index contributed by atoms with van der Waals surface area (Å²) >= 11 is 1.46. The monoisotopic (exact) mass is 407 g/mol. The number of nitro benzene ring substituents is 1. The molecular formula is C21H21N5O2S. The van der Waals surface area contributed by atoms with Crippen molar-refractivity contribution < 1.29 is 4.92 Å². The third-order valence-corrected chi connectivity index (χ3v) is 5.59. The summed E-state index contributed by atoms with van der Waals surface area (Å²) in [6.07, 6.45) is 4.91. The molecule has 1 aromatic heterocycles. The lowest BCUT2D eigenvalue weighted by molar-refractivity contribution is -0.384. The molecule has 0 amide bonds. The predicted octanol–water partition coefficient (Wildman–Crippen LogP) is 5.15. The van der Waals surface area contributed by atoms with Crippen LogP contribution in [0.3, 0.4) is 0 Å². The molecule has 0 unspecified atom stereocenters. The first-order chi connectivity index (χ1) is 14.2. The van der Waals surface area contributed by atoms with E-state index in [9.17, 15) is 10.1 Å². The zero-order valence-electron chi connectivity index (χ0n) is 15.8. The number of nitrogens with zero attached hydrogens (tertiary/aromatic N) is 4. The molecule has 0 spiro atoms. The molecule has 1 fully saturated rings. The van der Waals surface area contributed by atoms with Gasteiger partial charge in [0, 0.05) is 35.7 Å². The summed E-state index contributed by atoms with van der Waals surface area (Å²) in [6, 6.07) is 15.2. The van der Waals surface area contributed by atoms with Crippen molar-refractivity contribution in [3.05, 3.63) is 69.6 Å². The number of thiazole rings is 1. The van der Waals surface area contributed by atoms with Gasteiger partial charge in [0.25, 0.3) is 5.69 Å². The fourth-order valence-corrected chi connectivity index (χ4v) is 4.07. The van der Waals surface area contributed by atoms with Gasteiger partial charge in [0.2, 0.25) is 5.13 Å². The van der Waals surface area contributed by atoms with E-state index in [-0.39, 0.29) is 10.6 Å². The van der Waals surface area contributed by atoms with Gasteiger partial charge in [0.1, 0.15) is 5.69 Å². The number of benzene rings is 2. The van der Waals surface area contributed by atoms with Gasteiger partial charge >= 0.3 is 0 Å². The van der Waals surface area contributed by atoms with Crippen molar-refractivity contribution in [1.29, 1.82) is 0 Å². The van der Waals surface area contributed by atoms with Gasteiger partial charge in [-0.2, -0.15) is 5.10 Å². The van der Waals surface area contributed by atoms with Crippen molar-refractivity contribution >= 4 is 34.1 Å². The van der Waals surface area contributed by atoms with Crippen molar-refractivity contribution in [2.75, 3.05) is 23.4 Å². The van der Waals surface area contributed by atoms with E-state index in [1.165, 1.54) is 17.8 Å². The second kappa shape index (κ2) is 8.83. The number of hydrogen-bond donors (Lipinski definition) is 1. The van der Waals surface area contributed by atoms with Crippen LogP contribution in [-0.2, 0) is 0 Å². The normalized spacial score (nSPS) is 14.3. The Morgan fingerprint density at radius 1 is 1.14 bits per heavy atom. The van der Waals surface area contributed by atoms with E-state index >= 15 is 0 Å². The van der Waals surface area contributed by atoms with Crippen LogP contribution in [0.25, 0.3) is 11.3 Å². The van der Waals surface area contributed by atoms with E-state index in [0.29, 0.717) is 16.4 Å². The van der Waals surface area contributed by atoms with Crippen LogP contribution in [0.4, 0.5) is 16.5 Å². The SMILES string of the molecule is O=[N+]([O-])c1cc(C=NNc2nc(-c3ccccc3)cs2)ccc1N1CCCCC1. The number of nitrogens with one attached hydrogen (secondary N) is 1. The van der Waals surface area contributed by atoms with Crippen LogP contribution >= 0.6 is 11.3 Å². The second-order valence-corrected chi connectivity index (χ2v) is 7.68. The summed E-state index contributed by atoms with van der Waals surface area (Å²) in [7, 11) is 0. The molecule has 2 aromatic carbocycles. The molecule has 7 nitrogen and oxygen atoms in total. The number of anilines is 2. The number of hydrazone groups is 1. The van der Waals surface area contributed by atoms with E-state index < -0.39 is 0 Å². The molecule has 0 bridgehead atoms. The molecule has 8 heteroatoms. The molecule has 4 rings (SSSR count). The van der Waals surface area contributed by atoms with Crippen molar-refractivity contribution in [3.8, 4) is 11.3 Å². The molecule has 1 aliphatic heterocycles. The van der Waals surface area contributed by atoms with E-state index in [0.717, 1.165) is 37.2 Å².